The van der Waals surface area contributed by atoms with Crippen molar-refractivity contribution in [2.45, 2.75) is 11.1 Å². The van der Waals surface area contributed by atoms with E-state index in [2.05, 4.69) is 10.3 Å². The average molecular weight is 296 g/mol. The number of amides is 1. The van der Waals surface area contributed by atoms with Gasteiger partial charge in [0.1, 0.15) is 4.21 Å². The molecule has 0 aliphatic carbocycles. The fourth-order valence-corrected chi connectivity index (χ4v) is 3.08. The minimum atomic E-state index is -3.28. The van der Waals surface area contributed by atoms with Gasteiger partial charge in [-0.2, -0.15) is 0 Å². The molecule has 0 radical (unpaired) electrons. The van der Waals surface area contributed by atoms with Crippen LogP contribution in [0.1, 0.15) is 15.9 Å². The highest BCUT2D eigenvalue weighted by Gasteiger charge is 2.14. The van der Waals surface area contributed by atoms with E-state index in [1.165, 1.54) is 6.20 Å². The van der Waals surface area contributed by atoms with Crippen LogP contribution in [-0.2, 0) is 9.84 Å². The molecule has 1 aromatic carbocycles. The number of carbonyl (C=O) groups excluding carboxylic acids is 1. The van der Waals surface area contributed by atoms with E-state index in [4.69, 9.17) is 0 Å². The highest BCUT2D eigenvalue weighted by atomic mass is 32.2. The molecule has 0 spiro atoms. The minimum absolute atomic E-state index is 0.132. The second kappa shape index (κ2) is 5.10. The summed E-state index contributed by atoms with van der Waals surface area (Å²) in [7, 11) is -3.28. The van der Waals surface area contributed by atoms with E-state index in [0.717, 1.165) is 23.2 Å². The molecule has 0 saturated heterocycles. The first-order valence-corrected chi connectivity index (χ1v) is 8.11. The van der Waals surface area contributed by atoms with E-state index in [9.17, 15) is 13.2 Å². The van der Waals surface area contributed by atoms with Crippen LogP contribution < -0.4 is 5.32 Å². The highest BCUT2D eigenvalue weighted by Crippen LogP contribution is 2.23. The van der Waals surface area contributed by atoms with Crippen LogP contribution in [0.4, 0.5) is 5.13 Å². The van der Waals surface area contributed by atoms with E-state index in [-0.39, 0.29) is 15.2 Å². The third kappa shape index (κ3) is 3.39. The third-order valence-electron chi connectivity index (χ3n) is 2.35. The summed E-state index contributed by atoms with van der Waals surface area (Å²) in [5.41, 5.74) is 1.49. The smallest absolute Gasteiger partial charge is 0.257 e. The number of nitrogens with one attached hydrogen (secondary N) is 1. The molecule has 19 heavy (non-hydrogen) atoms. The Morgan fingerprint density at radius 1 is 1.37 bits per heavy atom. The maximum atomic E-state index is 11.9. The number of aryl methyl sites for hydroxylation is 1. The monoisotopic (exact) mass is 296 g/mol. The van der Waals surface area contributed by atoms with Gasteiger partial charge in [0.15, 0.2) is 15.0 Å². The van der Waals surface area contributed by atoms with Crippen molar-refractivity contribution in [3.63, 3.8) is 0 Å². The Balaban J connectivity index is 2.18. The SMILES string of the molecule is Cc1cccc(C(=O)Nc2ncc(S(C)(=O)=O)s2)c1. The van der Waals surface area contributed by atoms with Crippen molar-refractivity contribution in [1.29, 1.82) is 0 Å². The summed E-state index contributed by atoms with van der Waals surface area (Å²) < 4.78 is 22.7. The first-order chi connectivity index (χ1) is 8.86. The number of thiazole rings is 1. The average Bonchev–Trinajstić information content (AvgIpc) is 2.77. The van der Waals surface area contributed by atoms with Crippen LogP contribution in [0.5, 0.6) is 0 Å². The molecule has 0 aliphatic heterocycles. The molecule has 0 bridgehead atoms. The van der Waals surface area contributed by atoms with Crippen LogP contribution in [0.15, 0.2) is 34.7 Å². The van der Waals surface area contributed by atoms with Gasteiger partial charge in [-0.15, -0.1) is 0 Å². The Kier molecular flexibility index (Phi) is 3.68. The molecule has 0 atom stereocenters. The van der Waals surface area contributed by atoms with Gasteiger partial charge in [-0.25, -0.2) is 13.4 Å². The van der Waals surface area contributed by atoms with Crippen LogP contribution >= 0.6 is 11.3 Å². The normalized spacial score (nSPS) is 11.3. The summed E-state index contributed by atoms with van der Waals surface area (Å²) in [6.45, 7) is 1.89. The molecule has 0 saturated carbocycles. The fraction of sp³-hybridized carbons (Fsp3) is 0.167. The van der Waals surface area contributed by atoms with Gasteiger partial charge in [-0.1, -0.05) is 29.0 Å². The molecule has 0 unspecified atom stereocenters. The van der Waals surface area contributed by atoms with Gasteiger partial charge in [0, 0.05) is 11.8 Å². The maximum absolute atomic E-state index is 11.9. The number of benzene rings is 1. The second-order valence-corrected chi connectivity index (χ2v) is 7.35. The van der Waals surface area contributed by atoms with Crippen LogP contribution in [0, 0.1) is 6.92 Å². The number of sulfone groups is 1. The van der Waals surface area contributed by atoms with E-state index in [1.807, 2.05) is 13.0 Å². The van der Waals surface area contributed by atoms with Crippen molar-refractivity contribution < 1.29 is 13.2 Å². The molecule has 1 aromatic heterocycles. The van der Waals surface area contributed by atoms with Crippen LogP contribution in [0.3, 0.4) is 0 Å². The quantitative estimate of drug-likeness (QED) is 0.941. The Labute approximate surface area is 115 Å². The number of hydrogen-bond acceptors (Lipinski definition) is 5. The second-order valence-electron chi connectivity index (χ2n) is 4.08. The van der Waals surface area contributed by atoms with Crippen molar-refractivity contribution >= 4 is 32.2 Å². The van der Waals surface area contributed by atoms with E-state index in [1.54, 1.807) is 18.2 Å². The molecule has 0 fully saturated rings. The third-order valence-corrected chi connectivity index (χ3v) is 5.05. The molecule has 7 heteroatoms. The lowest BCUT2D eigenvalue weighted by atomic mass is 10.1. The maximum Gasteiger partial charge on any atom is 0.257 e. The molecular formula is C12H12N2O3S2. The zero-order valence-electron chi connectivity index (χ0n) is 10.4. The van der Waals surface area contributed by atoms with Gasteiger partial charge in [0.05, 0.1) is 6.20 Å². The Hall–Kier alpha value is -1.73. The molecule has 1 heterocycles. The summed E-state index contributed by atoms with van der Waals surface area (Å²) in [6.07, 6.45) is 2.35. The number of rotatable bonds is 3. The lowest BCUT2D eigenvalue weighted by Crippen LogP contribution is -2.11. The zero-order valence-corrected chi connectivity index (χ0v) is 12.0. The van der Waals surface area contributed by atoms with Crippen LogP contribution in [0.25, 0.3) is 0 Å². The Morgan fingerprint density at radius 3 is 2.68 bits per heavy atom. The molecule has 0 aliphatic rings. The number of hydrogen-bond donors (Lipinski definition) is 1. The lowest BCUT2D eigenvalue weighted by Gasteiger charge is -2.02. The van der Waals surface area contributed by atoms with Gasteiger partial charge >= 0.3 is 0 Å². The number of anilines is 1. The molecule has 100 valence electrons. The molecule has 2 aromatic rings. The molecular weight excluding hydrogens is 284 g/mol. The number of nitrogens with zero attached hydrogens (tertiary/aromatic N) is 1. The number of aromatic nitrogens is 1. The van der Waals surface area contributed by atoms with Gasteiger partial charge in [-0.3, -0.25) is 10.1 Å². The van der Waals surface area contributed by atoms with Crippen molar-refractivity contribution in [3.05, 3.63) is 41.6 Å². The summed E-state index contributed by atoms with van der Waals surface area (Å²) in [5.74, 6) is -0.307. The summed E-state index contributed by atoms with van der Waals surface area (Å²) in [5, 5.41) is 2.85. The first kappa shape index (κ1) is 13.7. The van der Waals surface area contributed by atoms with Crippen molar-refractivity contribution in [3.8, 4) is 0 Å². The summed E-state index contributed by atoms with van der Waals surface area (Å²) in [4.78, 5) is 15.8. The Bertz CT molecular complexity index is 720. The predicted molar refractivity (Wildman–Crippen MR) is 74.4 cm³/mol. The van der Waals surface area contributed by atoms with Gasteiger partial charge in [-0.05, 0) is 19.1 Å². The van der Waals surface area contributed by atoms with Crippen LogP contribution in [-0.4, -0.2) is 25.6 Å². The van der Waals surface area contributed by atoms with Gasteiger partial charge < -0.3 is 0 Å². The molecule has 2 rings (SSSR count). The van der Waals surface area contributed by atoms with Crippen molar-refractivity contribution in [2.24, 2.45) is 0 Å². The highest BCUT2D eigenvalue weighted by molar-refractivity contribution is 7.92. The lowest BCUT2D eigenvalue weighted by molar-refractivity contribution is 0.102. The molecule has 5 nitrogen and oxygen atoms in total. The van der Waals surface area contributed by atoms with E-state index in [0.29, 0.717) is 5.56 Å². The minimum Gasteiger partial charge on any atom is -0.298 e. The molecule has 1 amide bonds. The summed E-state index contributed by atoms with van der Waals surface area (Å²) >= 11 is 0.936. The van der Waals surface area contributed by atoms with Crippen molar-refractivity contribution in [1.82, 2.24) is 4.98 Å². The van der Waals surface area contributed by atoms with Gasteiger partial charge in [0.2, 0.25) is 0 Å². The van der Waals surface area contributed by atoms with E-state index >= 15 is 0 Å². The summed E-state index contributed by atoms with van der Waals surface area (Å²) in [6, 6.07) is 7.11. The van der Waals surface area contributed by atoms with Gasteiger partial charge in [0.25, 0.3) is 5.91 Å². The zero-order chi connectivity index (χ0) is 14.0. The van der Waals surface area contributed by atoms with Crippen molar-refractivity contribution in [2.75, 3.05) is 11.6 Å². The molecule has 1 N–H and O–H groups in total. The standard InChI is InChI=1S/C12H12N2O3S2/c1-8-4-3-5-9(6-8)11(15)14-12-13-7-10(18-12)19(2,16)17/h3-7H,1-2H3,(H,13,14,15). The Morgan fingerprint density at radius 2 is 2.11 bits per heavy atom. The topological polar surface area (TPSA) is 76.1 Å². The predicted octanol–water partition coefficient (Wildman–Crippen LogP) is 2.11. The largest absolute Gasteiger partial charge is 0.298 e. The fourth-order valence-electron chi connectivity index (χ4n) is 1.44. The first-order valence-electron chi connectivity index (χ1n) is 5.40. The van der Waals surface area contributed by atoms with Crippen LogP contribution in [0.2, 0.25) is 0 Å². The number of carbonyl (C=O) groups is 1. The van der Waals surface area contributed by atoms with E-state index < -0.39 is 9.84 Å².